The summed E-state index contributed by atoms with van der Waals surface area (Å²) >= 11 is 1.08. The topological polar surface area (TPSA) is 275 Å². The van der Waals surface area contributed by atoms with E-state index in [2.05, 4.69) is 20.8 Å². The number of nitrogens with one attached hydrogen (secondary N) is 4. The van der Waals surface area contributed by atoms with Gasteiger partial charge in [-0.1, -0.05) is 77.1 Å². The molecule has 2 aromatic heterocycles. The zero-order valence-corrected chi connectivity index (χ0v) is 54.0. The molecule has 0 bridgehead atoms. The second-order valence-electron chi connectivity index (χ2n) is 24.9. The zero-order valence-electron chi connectivity index (χ0n) is 52.3. The number of nitrogens with zero attached hydrogens (tertiary/aromatic N) is 5. The fourth-order valence-corrected chi connectivity index (χ4v) is 15.4. The van der Waals surface area contributed by atoms with Crippen molar-refractivity contribution in [3.63, 3.8) is 0 Å². The number of piperidine rings is 2. The quantitative estimate of drug-likeness (QED) is 0.0298. The molecule has 0 spiro atoms. The van der Waals surface area contributed by atoms with Crippen LogP contribution >= 0.6 is 18.8 Å². The second kappa shape index (κ2) is 29.0. The molecule has 6 amide bonds. The van der Waals surface area contributed by atoms with Gasteiger partial charge in [0.25, 0.3) is 13.4 Å². The van der Waals surface area contributed by atoms with Crippen LogP contribution in [0, 0.1) is 11.3 Å². The lowest BCUT2D eigenvalue weighted by atomic mass is 9.85. The normalized spacial score (nSPS) is 20.8. The van der Waals surface area contributed by atoms with Crippen LogP contribution in [0.1, 0.15) is 138 Å². The van der Waals surface area contributed by atoms with Crippen LogP contribution in [0.5, 0.6) is 0 Å². The minimum absolute atomic E-state index is 0.0781. The van der Waals surface area contributed by atoms with Crippen molar-refractivity contribution < 1.29 is 66.3 Å². The number of carbonyl (C=O) groups is 8. The summed E-state index contributed by atoms with van der Waals surface area (Å²) in [5, 5.41) is 10.9. The molecule has 5 aromatic rings. The highest BCUT2D eigenvalue weighted by Crippen LogP contribution is 2.55. The van der Waals surface area contributed by atoms with Gasteiger partial charge in [0.15, 0.2) is 0 Å². The molecular weight excluding hydrogens is 1200 g/mol. The highest BCUT2D eigenvalue weighted by Gasteiger charge is 2.49. The summed E-state index contributed by atoms with van der Waals surface area (Å²) in [6, 6.07) is 15.6. The number of morpholine rings is 1. The van der Waals surface area contributed by atoms with Crippen molar-refractivity contribution in [3.05, 3.63) is 105 Å². The lowest BCUT2D eigenvalue weighted by Gasteiger charge is -2.39. The highest BCUT2D eigenvalue weighted by atomic mass is 32.1. The third-order valence-corrected chi connectivity index (χ3v) is 20.7. The van der Waals surface area contributed by atoms with Gasteiger partial charge in [-0.3, -0.25) is 57.4 Å². The molecule has 4 fully saturated rings. The number of aryl methyl sites for hydroxylation is 1. The number of benzene rings is 3. The molecule has 0 radical (unpaired) electrons. The van der Waals surface area contributed by atoms with E-state index in [1.54, 1.807) is 57.5 Å². The SMILES string of the molecule is CCCOC(=O)[C@H](C)NP(=O)(N[C@@H](C)C(=O)OCCC)C(F)c1ccc2sc(C(=O)N[C@H](C(=O)N3CC[C@@H](OCC(=O)N4CCC(Cc5ccc6c(c5)n(C)c(=O)n6C5CCC(=O)NC5=O)CC4)[C@H]3C(=O)N3CCO[C@H](c4ccccc4)C3)C(C)(C)C)cc2c1. The van der Waals surface area contributed by atoms with E-state index in [1.165, 1.54) is 46.1 Å². The maximum atomic E-state index is 17.0. The number of imide groups is 1. The summed E-state index contributed by atoms with van der Waals surface area (Å²) in [5.74, 6) is -6.26. The number of ether oxygens (including phenoxy) is 4. The molecule has 90 heavy (non-hydrogen) atoms. The number of hydrogen-bond acceptors (Lipinski definition) is 15. The fourth-order valence-electron chi connectivity index (χ4n) is 12.2. The van der Waals surface area contributed by atoms with Crippen LogP contribution in [0.2, 0.25) is 0 Å². The van der Waals surface area contributed by atoms with Crippen LogP contribution < -0.4 is 26.5 Å². The molecule has 4 saturated heterocycles. The molecular formula is C64H83FN9O14PS. The van der Waals surface area contributed by atoms with Gasteiger partial charge in [0.2, 0.25) is 35.4 Å². The van der Waals surface area contributed by atoms with Crippen molar-refractivity contribution in [2.24, 2.45) is 18.4 Å². The molecule has 3 aromatic carbocycles. The van der Waals surface area contributed by atoms with Crippen LogP contribution in [0.4, 0.5) is 4.39 Å². The molecule has 26 heteroatoms. The number of likely N-dealkylation sites (tertiary alicyclic amines) is 2. The predicted molar refractivity (Wildman–Crippen MR) is 335 cm³/mol. The average molecular weight is 1280 g/mol. The molecule has 2 unspecified atom stereocenters. The summed E-state index contributed by atoms with van der Waals surface area (Å²) in [6.45, 7) is 13.3. The van der Waals surface area contributed by atoms with Crippen molar-refractivity contribution in [1.82, 2.24) is 44.6 Å². The first-order valence-electron chi connectivity index (χ1n) is 31.0. The van der Waals surface area contributed by atoms with E-state index >= 15 is 14.0 Å². The van der Waals surface area contributed by atoms with Crippen LogP contribution in [0.3, 0.4) is 0 Å². The first-order valence-corrected chi connectivity index (χ1v) is 33.6. The predicted octanol–water partition coefficient (Wildman–Crippen LogP) is 6.77. The van der Waals surface area contributed by atoms with Gasteiger partial charge >= 0.3 is 17.6 Å². The van der Waals surface area contributed by atoms with Gasteiger partial charge in [0.1, 0.15) is 42.9 Å². The summed E-state index contributed by atoms with van der Waals surface area (Å²) in [4.78, 5) is 128. The summed E-state index contributed by atoms with van der Waals surface area (Å²) in [6.07, 6.45) is 2.41. The Morgan fingerprint density at radius 1 is 0.822 bits per heavy atom. The molecule has 0 aliphatic carbocycles. The molecule has 6 heterocycles. The standard InChI is InChI=1S/C64H83FN9O14PS/c1-9-29-86-61(81)38(3)68-89(84,69-39(4)62(82)87-30-10-2)56(65)43-17-20-50-44(34-43)35-51(90-50)58(78)67-55(64(5,6)7)60(80)73-27-24-48(54(73)59(79)72-28-31-85-49(36-72)42-14-12-11-13-15-42)88-37-53(76)71-25-22-40(23-26-71)32-41-16-18-45-47(33-41)70(8)63(83)74(45)46-19-21-52(75)66-57(46)77/h11-18,20,33-35,38-40,46,48-49,54-56H,9-10,19,21-32,36-37H2,1-8H3,(H,67,78)(H,66,75,77)(H2,68,69,84)/t38-,39-,46?,48+,49-,54-,55+,56?/m0/s1. The number of rotatable bonds is 23. The third-order valence-electron chi connectivity index (χ3n) is 17.1. The number of halogens is 1. The van der Waals surface area contributed by atoms with E-state index in [1.807, 2.05) is 48.5 Å². The average Bonchev–Trinajstić information content (AvgIpc) is 1.61. The molecule has 4 N–H and O–H groups in total. The number of aromatic nitrogens is 2. The van der Waals surface area contributed by atoms with Gasteiger partial charge in [-0.25, -0.2) is 19.4 Å². The monoisotopic (exact) mass is 1280 g/mol. The number of alkyl halides is 1. The number of carbonyl (C=O) groups excluding carboxylic acids is 8. The van der Waals surface area contributed by atoms with Crippen LogP contribution in [0.25, 0.3) is 21.1 Å². The summed E-state index contributed by atoms with van der Waals surface area (Å²) in [7, 11) is -2.86. The van der Waals surface area contributed by atoms with E-state index in [-0.39, 0.29) is 105 Å². The van der Waals surface area contributed by atoms with Crippen LogP contribution in [0.15, 0.2) is 77.6 Å². The molecule has 4 aliphatic heterocycles. The van der Waals surface area contributed by atoms with Crippen LogP contribution in [-0.4, -0.2) is 161 Å². The fraction of sp³-hybridized carbons (Fsp3) is 0.547. The number of thiophene rings is 1. The number of amides is 6. The minimum atomic E-state index is -4.52. The maximum Gasteiger partial charge on any atom is 0.329 e. The van der Waals surface area contributed by atoms with Gasteiger partial charge in [-0.05, 0) is 123 Å². The molecule has 8 atom stereocenters. The van der Waals surface area contributed by atoms with Crippen molar-refractivity contribution in [2.75, 3.05) is 59.2 Å². The summed E-state index contributed by atoms with van der Waals surface area (Å²) in [5.41, 5.74) is 1.83. The molecule has 9 rings (SSSR count). The maximum absolute atomic E-state index is 17.0. The Morgan fingerprint density at radius 2 is 1.50 bits per heavy atom. The van der Waals surface area contributed by atoms with Gasteiger partial charge in [-0.2, -0.15) is 0 Å². The van der Waals surface area contributed by atoms with Gasteiger partial charge in [-0.15, -0.1) is 11.3 Å². The molecule has 4 aliphatic rings. The van der Waals surface area contributed by atoms with Gasteiger partial charge in [0.05, 0.1) is 48.4 Å². The van der Waals surface area contributed by atoms with Crippen molar-refractivity contribution in [1.29, 1.82) is 0 Å². The van der Waals surface area contributed by atoms with E-state index < -0.39 is 90.8 Å². The van der Waals surface area contributed by atoms with E-state index in [9.17, 15) is 38.1 Å². The highest BCUT2D eigenvalue weighted by molar-refractivity contribution is 7.60. The van der Waals surface area contributed by atoms with E-state index in [0.29, 0.717) is 66.3 Å². The number of imidazole rings is 1. The minimum Gasteiger partial charge on any atom is -0.465 e. The third kappa shape index (κ3) is 15.3. The Kier molecular flexibility index (Phi) is 21.7. The Balaban J connectivity index is 0.885. The Hall–Kier alpha value is -7.15. The second-order valence-corrected chi connectivity index (χ2v) is 28.3. The Bertz CT molecular complexity index is 3570. The summed E-state index contributed by atoms with van der Waals surface area (Å²) < 4.78 is 58.2. The first-order chi connectivity index (χ1) is 42.9. The lowest BCUT2D eigenvalue weighted by Crippen LogP contribution is -2.60. The number of hydrogen-bond donors (Lipinski definition) is 4. The lowest BCUT2D eigenvalue weighted by molar-refractivity contribution is -0.156. The van der Waals surface area contributed by atoms with Gasteiger partial charge in [0, 0.05) is 44.3 Å². The van der Waals surface area contributed by atoms with Crippen molar-refractivity contribution in [3.8, 4) is 0 Å². The van der Waals surface area contributed by atoms with Crippen molar-refractivity contribution >= 4 is 87.3 Å². The Morgan fingerprint density at radius 3 is 2.14 bits per heavy atom. The molecule has 23 nitrogen and oxygen atoms in total. The van der Waals surface area contributed by atoms with Gasteiger partial charge < -0.3 is 39.0 Å². The smallest absolute Gasteiger partial charge is 0.329 e. The van der Waals surface area contributed by atoms with E-state index in [4.69, 9.17) is 18.9 Å². The van der Waals surface area contributed by atoms with Crippen LogP contribution in [-0.2, 0) is 70.5 Å². The van der Waals surface area contributed by atoms with E-state index in [0.717, 1.165) is 22.5 Å². The number of esters is 2. The Labute approximate surface area is 526 Å². The number of fused-ring (bicyclic) bond motifs is 2. The largest absolute Gasteiger partial charge is 0.465 e. The molecule has 0 saturated carbocycles. The first kappa shape index (κ1) is 67.2. The zero-order chi connectivity index (χ0) is 64.8. The van der Waals surface area contributed by atoms with Crippen molar-refractivity contribution in [2.45, 2.75) is 148 Å². The molecule has 486 valence electrons.